The number of halogens is 3. The predicted molar refractivity (Wildman–Crippen MR) is 112 cm³/mol. The van der Waals surface area contributed by atoms with Crippen LogP contribution in [0.2, 0.25) is 0 Å². The van der Waals surface area contributed by atoms with Gasteiger partial charge in [0.2, 0.25) is 0 Å². The summed E-state index contributed by atoms with van der Waals surface area (Å²) >= 11 is 5.33. The fourth-order valence-corrected chi connectivity index (χ4v) is 5.05. The van der Waals surface area contributed by atoms with Gasteiger partial charge in [0.25, 0.3) is 0 Å². The van der Waals surface area contributed by atoms with Crippen molar-refractivity contribution in [2.75, 3.05) is 0 Å². The largest absolute Gasteiger partial charge is 4.00 e. The van der Waals surface area contributed by atoms with E-state index in [4.69, 9.17) is 0 Å². The van der Waals surface area contributed by atoms with E-state index in [1.54, 1.807) is 0 Å². The van der Waals surface area contributed by atoms with Gasteiger partial charge in [-0.05, 0) is 21.9 Å². The average molecular weight is 577 g/mol. The Labute approximate surface area is 216 Å². The van der Waals surface area contributed by atoms with Crippen molar-refractivity contribution in [3.8, 4) is 0 Å². The van der Waals surface area contributed by atoms with Gasteiger partial charge in [-0.2, -0.15) is 11.1 Å². The number of allylic oxidation sites excluding steroid dienone is 2. The van der Waals surface area contributed by atoms with Crippen molar-refractivity contribution >= 4 is 39.8 Å². The van der Waals surface area contributed by atoms with Gasteiger partial charge in [-0.3, -0.25) is 12.2 Å². The Bertz CT molecular complexity index is 1060. The molecule has 0 aromatic heterocycles. The molecule has 29 heavy (non-hydrogen) atoms. The SMILES string of the molecule is BrC1[C-]=Cc2ccccc21.[C-]1=Cc2cc3ccc2C1c1cccc(c1)S3.[Cl-].[Cl-].[Zr+4]. The third-order valence-electron chi connectivity index (χ3n) is 4.86. The molecular weight excluding hydrogens is 562 g/mol. The maximum atomic E-state index is 3.49. The monoisotopic (exact) mass is 574 g/mol. The molecule has 2 atom stereocenters. The Morgan fingerprint density at radius 1 is 0.724 bits per heavy atom. The van der Waals surface area contributed by atoms with Crippen molar-refractivity contribution < 1.29 is 51.0 Å². The molecular formula is C24H15BrCl2SZr. The molecule has 3 aromatic carbocycles. The van der Waals surface area contributed by atoms with E-state index in [9.17, 15) is 0 Å². The van der Waals surface area contributed by atoms with E-state index in [2.05, 4.69) is 88.8 Å². The van der Waals surface area contributed by atoms with Gasteiger partial charge in [0.1, 0.15) is 0 Å². The second kappa shape index (κ2) is 10.6. The first kappa shape index (κ1) is 24.7. The molecule has 0 radical (unpaired) electrons. The summed E-state index contributed by atoms with van der Waals surface area (Å²) in [6.45, 7) is 0. The van der Waals surface area contributed by atoms with E-state index in [0.29, 0.717) is 10.7 Å². The van der Waals surface area contributed by atoms with Crippen LogP contribution in [0, 0.1) is 12.2 Å². The predicted octanol–water partition coefficient (Wildman–Crippen LogP) is 1.07. The fourth-order valence-electron chi connectivity index (χ4n) is 3.56. The van der Waals surface area contributed by atoms with Gasteiger partial charge >= 0.3 is 26.2 Å². The zero-order valence-corrected chi connectivity index (χ0v) is 21.6. The maximum Gasteiger partial charge on any atom is 4.00 e. The summed E-state index contributed by atoms with van der Waals surface area (Å²) in [5.41, 5.74) is 6.68. The molecule has 2 aliphatic carbocycles. The third kappa shape index (κ3) is 5.02. The Morgan fingerprint density at radius 2 is 1.48 bits per heavy atom. The van der Waals surface area contributed by atoms with Crippen LogP contribution in [0.3, 0.4) is 0 Å². The molecule has 142 valence electrons. The summed E-state index contributed by atoms with van der Waals surface area (Å²) in [6.07, 6.45) is 10.8. The van der Waals surface area contributed by atoms with Gasteiger partial charge < -0.3 is 24.8 Å². The molecule has 0 saturated carbocycles. The van der Waals surface area contributed by atoms with E-state index >= 15 is 0 Å². The molecule has 0 N–H and O–H groups in total. The van der Waals surface area contributed by atoms with Crippen LogP contribution in [0.25, 0.3) is 12.2 Å². The molecule has 5 heteroatoms. The normalized spacial score (nSPS) is 18.0. The topological polar surface area (TPSA) is 0 Å². The molecule has 2 unspecified atom stereocenters. The van der Waals surface area contributed by atoms with Crippen molar-refractivity contribution in [1.29, 1.82) is 0 Å². The summed E-state index contributed by atoms with van der Waals surface area (Å²) in [6, 6.07) is 23.8. The van der Waals surface area contributed by atoms with E-state index in [0.717, 1.165) is 0 Å². The fraction of sp³-hybridized carbons (Fsp3) is 0.0833. The van der Waals surface area contributed by atoms with Gasteiger partial charge in [0.05, 0.1) is 0 Å². The minimum atomic E-state index is 0. The molecule has 3 aromatic rings. The molecule has 0 fully saturated rings. The average Bonchev–Trinajstić information content (AvgIpc) is 3.27. The third-order valence-corrected chi connectivity index (χ3v) is 6.59. The molecule has 7 rings (SSSR count). The molecule has 2 aliphatic heterocycles. The molecule has 0 spiro atoms. The van der Waals surface area contributed by atoms with Crippen LogP contribution in [-0.4, -0.2) is 0 Å². The van der Waals surface area contributed by atoms with Crippen LogP contribution in [0.4, 0.5) is 0 Å². The van der Waals surface area contributed by atoms with Crippen LogP contribution in [0.1, 0.15) is 38.6 Å². The number of hydrogen-bond acceptors (Lipinski definition) is 1. The van der Waals surface area contributed by atoms with Gasteiger partial charge in [-0.15, -0.1) is 39.2 Å². The molecule has 4 aliphatic rings. The zero-order valence-electron chi connectivity index (χ0n) is 15.2. The first-order valence-electron chi connectivity index (χ1n) is 8.61. The van der Waals surface area contributed by atoms with Crippen molar-refractivity contribution in [2.24, 2.45) is 0 Å². The number of rotatable bonds is 0. The molecule has 2 heterocycles. The van der Waals surface area contributed by atoms with E-state index < -0.39 is 0 Å². The van der Waals surface area contributed by atoms with Crippen LogP contribution in [0.5, 0.6) is 0 Å². The van der Waals surface area contributed by atoms with Crippen LogP contribution >= 0.6 is 27.7 Å². The number of benzene rings is 3. The zero-order chi connectivity index (χ0) is 17.5. The van der Waals surface area contributed by atoms with Crippen molar-refractivity contribution in [2.45, 2.75) is 20.5 Å². The summed E-state index contributed by atoms with van der Waals surface area (Å²) in [5, 5.41) is 0. The summed E-state index contributed by atoms with van der Waals surface area (Å²) in [5.74, 6) is 0.336. The second-order valence-corrected chi connectivity index (χ2v) is 8.57. The number of hydrogen-bond donors (Lipinski definition) is 0. The first-order chi connectivity index (χ1) is 12.8. The Balaban J connectivity index is 0.000000204. The first-order valence-corrected chi connectivity index (χ1v) is 10.3. The molecule has 0 amide bonds. The summed E-state index contributed by atoms with van der Waals surface area (Å²) in [4.78, 5) is 2.95. The van der Waals surface area contributed by atoms with Crippen molar-refractivity contribution in [1.82, 2.24) is 0 Å². The van der Waals surface area contributed by atoms with Gasteiger partial charge in [0, 0.05) is 4.90 Å². The minimum Gasteiger partial charge on any atom is -1.00 e. The molecule has 0 nitrogen and oxygen atoms in total. The second-order valence-electron chi connectivity index (χ2n) is 6.51. The number of alkyl halides is 1. The van der Waals surface area contributed by atoms with E-state index in [1.807, 2.05) is 30.0 Å². The van der Waals surface area contributed by atoms with E-state index in [1.165, 1.54) is 37.6 Å². The van der Waals surface area contributed by atoms with Crippen LogP contribution in [0.15, 0.2) is 76.5 Å². The maximum absolute atomic E-state index is 3.49. The molecule has 0 saturated heterocycles. The molecule has 6 bridgehead atoms. The number of fused-ring (bicyclic) bond motifs is 2. The quantitative estimate of drug-likeness (QED) is 0.285. The van der Waals surface area contributed by atoms with Gasteiger partial charge in [-0.25, -0.2) is 12.2 Å². The summed E-state index contributed by atoms with van der Waals surface area (Å²) < 4.78 is 0. The van der Waals surface area contributed by atoms with E-state index in [-0.39, 0.29) is 51.0 Å². The summed E-state index contributed by atoms with van der Waals surface area (Å²) in [7, 11) is 0. The Kier molecular flexibility index (Phi) is 9.07. The van der Waals surface area contributed by atoms with Gasteiger partial charge in [-0.1, -0.05) is 65.7 Å². The Hall–Kier alpha value is -0.567. The van der Waals surface area contributed by atoms with Crippen LogP contribution in [-0.2, 0) is 26.2 Å². The van der Waals surface area contributed by atoms with Crippen LogP contribution < -0.4 is 24.8 Å². The Morgan fingerprint density at radius 3 is 2.31 bits per heavy atom. The minimum absolute atomic E-state index is 0. The van der Waals surface area contributed by atoms with Gasteiger partial charge in [0.15, 0.2) is 0 Å². The smallest absolute Gasteiger partial charge is 1.00 e. The van der Waals surface area contributed by atoms with Crippen molar-refractivity contribution in [3.63, 3.8) is 0 Å². The van der Waals surface area contributed by atoms with Crippen molar-refractivity contribution in [3.05, 3.63) is 107 Å². The standard InChI is InChI=1S/C15H9S.C9H6Br.2ClH.Zr/c1-2-10-8-12(3-1)16-13-5-7-15-11(9-13)4-6-14(10)15;10-9-6-5-7-3-1-2-4-8(7)9;;;/h1-5,7-9,14H;1-5,9H;2*1H;/q2*-1;;;+4/p-2.